The number of anilines is 1. The molecule has 0 saturated carbocycles. The molecule has 0 spiro atoms. The minimum Gasteiger partial charge on any atom is -0.357 e. The molecule has 0 aliphatic heterocycles. The maximum atomic E-state index is 12.0. The molecule has 0 aromatic carbocycles. The van der Waals surface area contributed by atoms with Gasteiger partial charge in [0.15, 0.2) is 5.96 Å². The Morgan fingerprint density at radius 3 is 2.74 bits per heavy atom. The molecule has 2 aromatic rings. The predicted molar refractivity (Wildman–Crippen MR) is 122 cm³/mol. The van der Waals surface area contributed by atoms with Gasteiger partial charge in [0.2, 0.25) is 5.91 Å². The van der Waals surface area contributed by atoms with Gasteiger partial charge < -0.3 is 16.0 Å². The lowest BCUT2D eigenvalue weighted by Gasteiger charge is -2.11. The average Bonchev–Trinajstić information content (AvgIpc) is 3.00. The van der Waals surface area contributed by atoms with Gasteiger partial charge in [-0.2, -0.15) is 0 Å². The monoisotopic (exact) mass is 502 g/mol. The molecular formula is C18H27IN6OS. The van der Waals surface area contributed by atoms with Crippen molar-refractivity contribution >= 4 is 53.0 Å². The molecule has 7 nitrogen and oxygen atoms in total. The molecule has 9 heteroatoms. The van der Waals surface area contributed by atoms with E-state index >= 15 is 0 Å². The van der Waals surface area contributed by atoms with E-state index in [1.54, 1.807) is 17.4 Å². The summed E-state index contributed by atoms with van der Waals surface area (Å²) in [4.78, 5) is 26.3. The van der Waals surface area contributed by atoms with E-state index in [0.717, 1.165) is 23.7 Å². The summed E-state index contributed by atoms with van der Waals surface area (Å²) in [7, 11) is 0. The van der Waals surface area contributed by atoms with E-state index in [-0.39, 0.29) is 29.9 Å². The van der Waals surface area contributed by atoms with Crippen molar-refractivity contribution in [2.75, 3.05) is 25.0 Å². The second kappa shape index (κ2) is 12.6. The molecule has 0 radical (unpaired) electrons. The fourth-order valence-corrected chi connectivity index (χ4v) is 3.01. The summed E-state index contributed by atoms with van der Waals surface area (Å²) < 4.78 is 0. The van der Waals surface area contributed by atoms with Crippen LogP contribution in [0.3, 0.4) is 0 Å². The summed E-state index contributed by atoms with van der Waals surface area (Å²) in [5.41, 5.74) is 0.873. The van der Waals surface area contributed by atoms with Gasteiger partial charge in [0.1, 0.15) is 5.82 Å². The van der Waals surface area contributed by atoms with Crippen molar-refractivity contribution in [2.45, 2.75) is 33.6 Å². The van der Waals surface area contributed by atoms with Crippen molar-refractivity contribution in [3.05, 3.63) is 40.0 Å². The van der Waals surface area contributed by atoms with Crippen LogP contribution in [0.5, 0.6) is 0 Å². The second-order valence-electron chi connectivity index (χ2n) is 5.76. The van der Waals surface area contributed by atoms with Crippen LogP contribution in [0.25, 0.3) is 0 Å². The van der Waals surface area contributed by atoms with E-state index in [1.807, 2.05) is 39.1 Å². The van der Waals surface area contributed by atoms with E-state index in [1.165, 1.54) is 4.88 Å². The van der Waals surface area contributed by atoms with Crippen LogP contribution in [0.4, 0.5) is 5.82 Å². The fraction of sp³-hybridized carbons (Fsp3) is 0.444. The third-order valence-corrected chi connectivity index (χ3v) is 4.38. The van der Waals surface area contributed by atoms with Crippen molar-refractivity contribution in [1.29, 1.82) is 0 Å². The van der Waals surface area contributed by atoms with Gasteiger partial charge in [0.05, 0.1) is 5.01 Å². The quantitative estimate of drug-likeness (QED) is 0.294. The van der Waals surface area contributed by atoms with Gasteiger partial charge >= 0.3 is 0 Å². The summed E-state index contributed by atoms with van der Waals surface area (Å²) >= 11 is 1.70. The topological polar surface area (TPSA) is 91.3 Å². The Morgan fingerprint density at radius 1 is 1.26 bits per heavy atom. The highest BCUT2D eigenvalue weighted by Gasteiger charge is 2.05. The molecule has 148 valence electrons. The smallest absolute Gasteiger partial charge is 0.227 e. The number of amides is 1. The van der Waals surface area contributed by atoms with Crippen LogP contribution in [-0.2, 0) is 11.2 Å². The van der Waals surface area contributed by atoms with Gasteiger partial charge in [0.25, 0.3) is 0 Å². The maximum absolute atomic E-state index is 12.0. The zero-order valence-corrected chi connectivity index (χ0v) is 19.1. The number of halogens is 1. The maximum Gasteiger partial charge on any atom is 0.227 e. The number of hydrogen-bond acceptors (Lipinski definition) is 5. The third kappa shape index (κ3) is 9.14. The minimum absolute atomic E-state index is 0. The molecule has 0 saturated heterocycles. The van der Waals surface area contributed by atoms with Gasteiger partial charge in [0, 0.05) is 49.2 Å². The number of thiazole rings is 1. The lowest BCUT2D eigenvalue weighted by Crippen LogP contribution is -2.38. The Kier molecular flexibility index (Phi) is 10.9. The van der Waals surface area contributed by atoms with Crippen LogP contribution >= 0.6 is 35.3 Å². The van der Waals surface area contributed by atoms with Crippen molar-refractivity contribution in [2.24, 2.45) is 4.99 Å². The van der Waals surface area contributed by atoms with Gasteiger partial charge in [-0.05, 0) is 32.9 Å². The van der Waals surface area contributed by atoms with E-state index in [4.69, 9.17) is 0 Å². The Balaban J connectivity index is 0.00000364. The number of carbonyl (C=O) groups excluding carboxylic acids is 1. The van der Waals surface area contributed by atoms with E-state index in [9.17, 15) is 4.79 Å². The average molecular weight is 502 g/mol. The molecule has 2 heterocycles. The summed E-state index contributed by atoms with van der Waals surface area (Å²) in [6.07, 6.45) is 3.04. The minimum atomic E-state index is -0.0790. The Hall–Kier alpha value is -1.75. The summed E-state index contributed by atoms with van der Waals surface area (Å²) in [5.74, 6) is 1.21. The zero-order valence-electron chi connectivity index (χ0n) is 15.9. The number of aryl methyl sites for hydroxylation is 2. The first-order chi connectivity index (χ1) is 12.6. The van der Waals surface area contributed by atoms with E-state index in [0.29, 0.717) is 31.3 Å². The molecule has 0 unspecified atom stereocenters. The number of nitrogens with one attached hydrogen (secondary N) is 3. The molecule has 27 heavy (non-hydrogen) atoms. The first-order valence-corrected chi connectivity index (χ1v) is 9.55. The number of nitrogens with zero attached hydrogens (tertiary/aromatic N) is 3. The third-order valence-electron chi connectivity index (χ3n) is 3.41. The molecule has 0 aliphatic rings. The van der Waals surface area contributed by atoms with Gasteiger partial charge in [-0.25, -0.2) is 9.97 Å². The van der Waals surface area contributed by atoms with E-state index < -0.39 is 0 Å². The van der Waals surface area contributed by atoms with Crippen molar-refractivity contribution < 1.29 is 4.79 Å². The molecule has 3 N–H and O–H groups in total. The van der Waals surface area contributed by atoms with Crippen LogP contribution in [0.15, 0.2) is 29.4 Å². The molecule has 0 aliphatic carbocycles. The van der Waals surface area contributed by atoms with E-state index in [2.05, 4.69) is 30.9 Å². The van der Waals surface area contributed by atoms with Crippen molar-refractivity contribution in [1.82, 2.24) is 20.6 Å². The molecule has 2 rings (SSSR count). The lowest BCUT2D eigenvalue weighted by atomic mass is 10.3. The fourth-order valence-electron chi connectivity index (χ4n) is 2.23. The SMILES string of the molecule is CCNC(=NCCc1ncc(C)s1)NCCC(=O)Nc1cccc(C)n1.I. The van der Waals surface area contributed by atoms with Crippen molar-refractivity contribution in [3.8, 4) is 0 Å². The number of aromatic nitrogens is 2. The molecule has 2 aromatic heterocycles. The Morgan fingerprint density at radius 2 is 2.07 bits per heavy atom. The molecule has 0 fully saturated rings. The number of hydrogen-bond donors (Lipinski definition) is 3. The number of guanidine groups is 1. The predicted octanol–water partition coefficient (Wildman–Crippen LogP) is 2.90. The summed E-state index contributed by atoms with van der Waals surface area (Å²) in [5, 5.41) is 10.3. The first kappa shape index (κ1) is 23.3. The zero-order chi connectivity index (χ0) is 18.8. The van der Waals surface area contributed by atoms with Crippen LogP contribution in [0.1, 0.15) is 28.9 Å². The van der Waals surface area contributed by atoms with Gasteiger partial charge in [-0.1, -0.05) is 6.07 Å². The molecule has 0 atom stereocenters. The number of aliphatic imine (C=N–C) groups is 1. The largest absolute Gasteiger partial charge is 0.357 e. The van der Waals surface area contributed by atoms with Gasteiger partial charge in [-0.15, -0.1) is 35.3 Å². The van der Waals surface area contributed by atoms with Crippen LogP contribution in [0.2, 0.25) is 0 Å². The first-order valence-electron chi connectivity index (χ1n) is 8.74. The number of rotatable bonds is 8. The lowest BCUT2D eigenvalue weighted by molar-refractivity contribution is -0.116. The van der Waals surface area contributed by atoms with Crippen molar-refractivity contribution in [3.63, 3.8) is 0 Å². The molecular weight excluding hydrogens is 475 g/mol. The highest BCUT2D eigenvalue weighted by Crippen LogP contribution is 2.11. The number of pyridine rings is 1. The Bertz CT molecular complexity index is 749. The highest BCUT2D eigenvalue weighted by atomic mass is 127. The standard InChI is InChI=1S/C18H26N6OS.HI/c1-4-19-18(21-11-9-17-22-12-14(3)26-17)20-10-8-16(25)24-15-7-5-6-13(2)23-15;/h5-7,12H,4,8-11H2,1-3H3,(H2,19,20,21)(H,23,24,25);1H. The van der Waals surface area contributed by atoms with Crippen LogP contribution in [0, 0.1) is 13.8 Å². The summed E-state index contributed by atoms with van der Waals surface area (Å²) in [6, 6.07) is 5.55. The number of carbonyl (C=O) groups is 1. The second-order valence-corrected chi connectivity index (χ2v) is 7.08. The Labute approximate surface area is 181 Å². The van der Waals surface area contributed by atoms with Gasteiger partial charge in [-0.3, -0.25) is 9.79 Å². The highest BCUT2D eigenvalue weighted by molar-refractivity contribution is 14.0. The van der Waals surface area contributed by atoms with Crippen LogP contribution in [-0.4, -0.2) is 41.5 Å². The van der Waals surface area contributed by atoms with Crippen LogP contribution < -0.4 is 16.0 Å². The normalized spacial score (nSPS) is 10.9. The summed E-state index contributed by atoms with van der Waals surface area (Å²) in [6.45, 7) is 7.87. The molecule has 0 bridgehead atoms. The molecule has 1 amide bonds.